The zero-order chi connectivity index (χ0) is 31.5. The lowest BCUT2D eigenvalue weighted by atomic mass is 9.75. The quantitative estimate of drug-likeness (QED) is 0.246. The Morgan fingerprint density at radius 2 is 1.44 bits per heavy atom. The number of nitrogens with zero attached hydrogens (tertiary/aromatic N) is 5. The number of aromatic nitrogens is 3. The minimum atomic E-state index is -0.0947. The van der Waals surface area contributed by atoms with Crippen molar-refractivity contribution in [2.45, 2.75) is 80.3 Å². The average Bonchev–Trinajstić information content (AvgIpc) is 3.52. The third-order valence-electron chi connectivity index (χ3n) is 8.45. The first kappa shape index (κ1) is 35.1. The van der Waals surface area contributed by atoms with Gasteiger partial charge >= 0.3 is 0 Å². The fourth-order valence-electron chi connectivity index (χ4n) is 5.56. The number of ether oxygens (including phenoxy) is 4. The Hall–Kier alpha value is -2.34. The Bertz CT molecular complexity index is 1020. The molecule has 11 nitrogen and oxygen atoms in total. The van der Waals surface area contributed by atoms with Gasteiger partial charge in [-0.05, 0) is 36.0 Å². The minimum Gasteiger partial charge on any atom is -0.379 e. The van der Waals surface area contributed by atoms with Crippen LogP contribution in [0.2, 0.25) is 0 Å². The lowest BCUT2D eigenvalue weighted by molar-refractivity contribution is -0.134. The number of carbonyl (C=O) groups is 2. The molecule has 3 heterocycles. The second-order valence-electron chi connectivity index (χ2n) is 13.8. The SMILES string of the molecule is C=C1CC(C(C)(C)C)C(=O)N1Cc1cn(CCOCCOCCOCCOCCC(=O)N2CCC(C(C)(C)C)CC2)nn1. The lowest BCUT2D eigenvalue weighted by Crippen LogP contribution is -2.41. The van der Waals surface area contributed by atoms with Crippen LogP contribution in [0.5, 0.6) is 0 Å². The topological polar surface area (TPSA) is 108 Å². The molecule has 0 spiro atoms. The van der Waals surface area contributed by atoms with Gasteiger partial charge in [0.05, 0.1) is 78.6 Å². The van der Waals surface area contributed by atoms with Gasteiger partial charge in [-0.25, -0.2) is 4.68 Å². The summed E-state index contributed by atoms with van der Waals surface area (Å²) in [5.74, 6) is 0.933. The Balaban J connectivity index is 1.12. The molecule has 0 radical (unpaired) electrons. The third-order valence-corrected chi connectivity index (χ3v) is 8.45. The van der Waals surface area contributed by atoms with E-state index in [1.807, 2.05) is 11.1 Å². The van der Waals surface area contributed by atoms with Crippen molar-refractivity contribution in [1.29, 1.82) is 0 Å². The molecule has 0 aliphatic carbocycles. The molecule has 2 fully saturated rings. The number of piperidine rings is 1. The molecule has 2 saturated heterocycles. The predicted octanol–water partition coefficient (Wildman–Crippen LogP) is 3.93. The van der Waals surface area contributed by atoms with Crippen LogP contribution < -0.4 is 0 Å². The van der Waals surface area contributed by atoms with Crippen LogP contribution in [-0.2, 0) is 41.6 Å². The zero-order valence-electron chi connectivity index (χ0n) is 27.4. The molecular weight excluding hydrogens is 550 g/mol. The highest BCUT2D eigenvalue weighted by atomic mass is 16.6. The van der Waals surface area contributed by atoms with Crippen molar-refractivity contribution in [2.75, 3.05) is 65.9 Å². The van der Waals surface area contributed by atoms with Crippen LogP contribution in [0, 0.1) is 22.7 Å². The van der Waals surface area contributed by atoms with Gasteiger partial charge < -0.3 is 28.7 Å². The van der Waals surface area contributed by atoms with Crippen LogP contribution in [-0.4, -0.2) is 103 Å². The Labute approximate surface area is 258 Å². The van der Waals surface area contributed by atoms with Crippen LogP contribution in [0.3, 0.4) is 0 Å². The summed E-state index contributed by atoms with van der Waals surface area (Å²) in [4.78, 5) is 28.9. The first-order chi connectivity index (χ1) is 20.4. The maximum absolute atomic E-state index is 12.8. The Morgan fingerprint density at radius 1 is 0.884 bits per heavy atom. The molecule has 43 heavy (non-hydrogen) atoms. The summed E-state index contributed by atoms with van der Waals surface area (Å²) in [7, 11) is 0. The summed E-state index contributed by atoms with van der Waals surface area (Å²) in [6.07, 6.45) is 5.13. The van der Waals surface area contributed by atoms with E-state index in [2.05, 4.69) is 58.4 Å². The molecule has 0 bridgehead atoms. The van der Waals surface area contributed by atoms with Gasteiger partial charge in [0, 0.05) is 24.7 Å². The standard InChI is InChI=1S/C32H55N5O6/c1-25-22-28(32(5,6)7)30(39)37(25)24-27-23-36(34-33-27)13-15-41-17-19-43-21-20-42-18-16-40-14-10-29(38)35-11-8-26(9-12-35)31(2,3)4/h23,26,28H,1,8-22,24H2,2-7H3. The Kier molecular flexibility index (Phi) is 13.6. The van der Waals surface area contributed by atoms with E-state index in [-0.39, 0.29) is 23.1 Å². The molecule has 1 unspecified atom stereocenters. The van der Waals surface area contributed by atoms with Crippen molar-refractivity contribution in [3.8, 4) is 0 Å². The molecule has 0 aromatic carbocycles. The summed E-state index contributed by atoms with van der Waals surface area (Å²) < 4.78 is 24.0. The Morgan fingerprint density at radius 3 is 1.98 bits per heavy atom. The maximum Gasteiger partial charge on any atom is 0.231 e. The van der Waals surface area contributed by atoms with Gasteiger partial charge in [-0.15, -0.1) is 5.10 Å². The number of hydrogen-bond acceptors (Lipinski definition) is 8. The number of rotatable bonds is 17. The smallest absolute Gasteiger partial charge is 0.231 e. The second-order valence-corrected chi connectivity index (χ2v) is 13.8. The van der Waals surface area contributed by atoms with Gasteiger partial charge in [-0.3, -0.25) is 9.59 Å². The zero-order valence-corrected chi connectivity index (χ0v) is 27.4. The summed E-state index contributed by atoms with van der Waals surface area (Å²) in [6.45, 7) is 23.6. The van der Waals surface area contributed by atoms with E-state index in [1.165, 1.54) is 0 Å². The molecule has 2 aliphatic heterocycles. The van der Waals surface area contributed by atoms with E-state index in [0.717, 1.165) is 37.3 Å². The first-order valence-electron chi connectivity index (χ1n) is 15.8. The van der Waals surface area contributed by atoms with Crippen LogP contribution in [0.15, 0.2) is 18.5 Å². The minimum absolute atomic E-state index is 0.0500. The largest absolute Gasteiger partial charge is 0.379 e. The molecular formula is C32H55N5O6. The third kappa shape index (κ3) is 11.6. The number of likely N-dealkylation sites (tertiary alicyclic amines) is 2. The average molecular weight is 606 g/mol. The molecule has 1 atom stereocenters. The fraction of sp³-hybridized carbons (Fsp3) is 0.812. The normalized spacial score (nSPS) is 18.7. The van der Waals surface area contributed by atoms with Crippen molar-refractivity contribution >= 4 is 11.8 Å². The molecule has 0 N–H and O–H groups in total. The molecule has 2 amide bonds. The highest BCUT2D eigenvalue weighted by Gasteiger charge is 2.41. The van der Waals surface area contributed by atoms with Crippen LogP contribution >= 0.6 is 0 Å². The van der Waals surface area contributed by atoms with Gasteiger partial charge in [0.15, 0.2) is 0 Å². The molecule has 1 aromatic rings. The van der Waals surface area contributed by atoms with E-state index in [9.17, 15) is 9.59 Å². The van der Waals surface area contributed by atoms with E-state index < -0.39 is 0 Å². The van der Waals surface area contributed by atoms with E-state index in [0.29, 0.717) is 90.1 Å². The van der Waals surface area contributed by atoms with Crippen LogP contribution in [0.4, 0.5) is 0 Å². The number of hydrogen-bond donors (Lipinski definition) is 0. The maximum atomic E-state index is 12.8. The van der Waals surface area contributed by atoms with Gasteiger partial charge in [-0.2, -0.15) is 0 Å². The predicted molar refractivity (Wildman–Crippen MR) is 164 cm³/mol. The molecule has 11 heteroatoms. The van der Waals surface area contributed by atoms with Crippen molar-refractivity contribution < 1.29 is 28.5 Å². The van der Waals surface area contributed by atoms with Gasteiger partial charge in [0.2, 0.25) is 11.8 Å². The second kappa shape index (κ2) is 16.7. The number of amides is 2. The van der Waals surface area contributed by atoms with Crippen LogP contribution in [0.25, 0.3) is 0 Å². The summed E-state index contributed by atoms with van der Waals surface area (Å²) in [5.41, 5.74) is 1.79. The first-order valence-corrected chi connectivity index (χ1v) is 15.8. The molecule has 0 saturated carbocycles. The van der Waals surface area contributed by atoms with Gasteiger partial charge in [0.1, 0.15) is 5.69 Å². The summed E-state index contributed by atoms with van der Waals surface area (Å²) in [5, 5.41) is 8.36. The summed E-state index contributed by atoms with van der Waals surface area (Å²) >= 11 is 0. The van der Waals surface area contributed by atoms with E-state index in [1.54, 1.807) is 9.58 Å². The highest BCUT2D eigenvalue weighted by molar-refractivity contribution is 5.84. The summed E-state index contributed by atoms with van der Waals surface area (Å²) in [6, 6.07) is 0. The van der Waals surface area contributed by atoms with E-state index in [4.69, 9.17) is 18.9 Å². The van der Waals surface area contributed by atoms with Crippen molar-refractivity contribution in [1.82, 2.24) is 24.8 Å². The molecule has 2 aliphatic rings. The molecule has 1 aromatic heterocycles. The van der Waals surface area contributed by atoms with E-state index >= 15 is 0 Å². The molecule has 244 valence electrons. The van der Waals surface area contributed by atoms with Crippen LogP contribution in [0.1, 0.15) is 72.9 Å². The van der Waals surface area contributed by atoms with Gasteiger partial charge in [0.25, 0.3) is 0 Å². The van der Waals surface area contributed by atoms with Crippen molar-refractivity contribution in [3.63, 3.8) is 0 Å². The lowest BCUT2D eigenvalue weighted by Gasteiger charge is -2.38. The van der Waals surface area contributed by atoms with Gasteiger partial charge in [-0.1, -0.05) is 53.3 Å². The highest BCUT2D eigenvalue weighted by Crippen LogP contribution is 2.39. The number of carbonyl (C=O) groups excluding carboxylic acids is 2. The number of allylic oxidation sites excluding steroid dienone is 1. The van der Waals surface area contributed by atoms with Crippen molar-refractivity contribution in [2.24, 2.45) is 22.7 Å². The molecule has 3 rings (SSSR count). The fourth-order valence-corrected chi connectivity index (χ4v) is 5.56. The van der Waals surface area contributed by atoms with Crippen molar-refractivity contribution in [3.05, 3.63) is 24.2 Å². The monoisotopic (exact) mass is 605 g/mol.